The largest absolute Gasteiger partial charge is 0.493 e. The van der Waals surface area contributed by atoms with Crippen molar-refractivity contribution in [2.24, 2.45) is 0 Å². The van der Waals surface area contributed by atoms with Crippen molar-refractivity contribution in [3.05, 3.63) is 95.7 Å². The van der Waals surface area contributed by atoms with Gasteiger partial charge in [-0.25, -0.2) is 0 Å². The predicted octanol–water partition coefficient (Wildman–Crippen LogP) is 5.13. The maximum absolute atomic E-state index is 5.95. The third kappa shape index (κ3) is 5.02. The first-order valence-corrected chi connectivity index (χ1v) is 10.4. The summed E-state index contributed by atoms with van der Waals surface area (Å²) in [6.45, 7) is 2.34. The van der Waals surface area contributed by atoms with Crippen LogP contribution in [0.3, 0.4) is 0 Å². The molecule has 0 aliphatic carbocycles. The van der Waals surface area contributed by atoms with Crippen molar-refractivity contribution in [1.82, 2.24) is 10.3 Å². The molecule has 4 rings (SSSR count). The number of ether oxygens (including phenoxy) is 2. The summed E-state index contributed by atoms with van der Waals surface area (Å²) in [6, 6.07) is 24.9. The quantitative estimate of drug-likeness (QED) is 0.363. The van der Waals surface area contributed by atoms with Crippen LogP contribution in [-0.2, 0) is 19.4 Å². The van der Waals surface area contributed by atoms with Crippen molar-refractivity contribution in [2.75, 3.05) is 20.3 Å². The monoisotopic (exact) mass is 400 g/mol. The highest BCUT2D eigenvalue weighted by atomic mass is 16.5. The molecule has 3 aromatic carbocycles. The van der Waals surface area contributed by atoms with Gasteiger partial charge in [-0.3, -0.25) is 0 Å². The van der Waals surface area contributed by atoms with E-state index in [2.05, 4.69) is 77.2 Å². The third-order valence-corrected chi connectivity index (χ3v) is 5.29. The molecule has 0 aliphatic rings. The Balaban J connectivity index is 1.27. The first-order valence-electron chi connectivity index (χ1n) is 10.4. The summed E-state index contributed by atoms with van der Waals surface area (Å²) in [5, 5.41) is 4.83. The molecular formula is C26H28N2O2. The van der Waals surface area contributed by atoms with Gasteiger partial charge in [0.05, 0.1) is 13.7 Å². The highest BCUT2D eigenvalue weighted by Crippen LogP contribution is 2.28. The molecule has 4 nitrogen and oxygen atoms in total. The van der Waals surface area contributed by atoms with Gasteiger partial charge in [-0.1, -0.05) is 54.6 Å². The number of benzene rings is 3. The molecule has 0 radical (unpaired) electrons. The maximum Gasteiger partial charge on any atom is 0.161 e. The van der Waals surface area contributed by atoms with Crippen LogP contribution in [0.2, 0.25) is 0 Å². The second-order valence-corrected chi connectivity index (χ2v) is 7.36. The van der Waals surface area contributed by atoms with Crippen molar-refractivity contribution < 1.29 is 9.47 Å². The number of hydrogen-bond acceptors (Lipinski definition) is 3. The second-order valence-electron chi connectivity index (χ2n) is 7.36. The second kappa shape index (κ2) is 9.99. The molecule has 0 fully saturated rings. The molecule has 0 atom stereocenters. The minimum Gasteiger partial charge on any atom is -0.493 e. The molecule has 0 aliphatic heterocycles. The summed E-state index contributed by atoms with van der Waals surface area (Å²) in [7, 11) is 1.69. The summed E-state index contributed by atoms with van der Waals surface area (Å²) < 4.78 is 11.5. The summed E-state index contributed by atoms with van der Waals surface area (Å²) in [4.78, 5) is 3.34. The van der Waals surface area contributed by atoms with E-state index in [4.69, 9.17) is 9.47 Å². The summed E-state index contributed by atoms with van der Waals surface area (Å²) in [6.07, 6.45) is 3.97. The molecule has 0 saturated heterocycles. The number of rotatable bonds is 10. The molecule has 0 bridgehead atoms. The lowest BCUT2D eigenvalue weighted by Gasteiger charge is -2.13. The standard InChI is InChI=1S/C26H28N2O2/c1-29-26-17-21(11-12-25(26)30-16-14-20-7-3-2-4-8-20)18-27-15-13-22-19-28-24-10-6-5-9-23(22)24/h2-12,17,19,27-28H,13-16,18H2,1H3. The Morgan fingerprint density at radius 1 is 0.833 bits per heavy atom. The van der Waals surface area contributed by atoms with E-state index in [1.165, 1.54) is 27.6 Å². The summed E-state index contributed by atoms with van der Waals surface area (Å²) in [5.74, 6) is 1.56. The van der Waals surface area contributed by atoms with Crippen LogP contribution in [0.1, 0.15) is 16.7 Å². The van der Waals surface area contributed by atoms with E-state index in [0.717, 1.165) is 37.4 Å². The fourth-order valence-corrected chi connectivity index (χ4v) is 3.66. The van der Waals surface area contributed by atoms with E-state index in [9.17, 15) is 0 Å². The van der Waals surface area contributed by atoms with Crippen LogP contribution in [0, 0.1) is 0 Å². The van der Waals surface area contributed by atoms with E-state index in [1.807, 2.05) is 12.1 Å². The zero-order valence-electron chi connectivity index (χ0n) is 17.4. The fourth-order valence-electron chi connectivity index (χ4n) is 3.66. The number of H-pyrrole nitrogens is 1. The van der Waals surface area contributed by atoms with Crippen LogP contribution in [0.25, 0.3) is 10.9 Å². The molecule has 2 N–H and O–H groups in total. The molecule has 4 aromatic rings. The minimum absolute atomic E-state index is 0.628. The van der Waals surface area contributed by atoms with E-state index in [-0.39, 0.29) is 0 Å². The molecule has 4 heteroatoms. The highest BCUT2D eigenvalue weighted by Gasteiger charge is 2.07. The van der Waals surface area contributed by atoms with E-state index in [1.54, 1.807) is 7.11 Å². The summed E-state index contributed by atoms with van der Waals surface area (Å²) in [5.41, 5.74) is 4.99. The van der Waals surface area contributed by atoms with Gasteiger partial charge in [0.15, 0.2) is 11.5 Å². The van der Waals surface area contributed by atoms with E-state index >= 15 is 0 Å². The Morgan fingerprint density at radius 2 is 1.67 bits per heavy atom. The van der Waals surface area contributed by atoms with Crippen molar-refractivity contribution >= 4 is 10.9 Å². The van der Waals surface area contributed by atoms with Crippen LogP contribution >= 0.6 is 0 Å². The lowest BCUT2D eigenvalue weighted by atomic mass is 10.1. The first-order chi connectivity index (χ1) is 14.8. The van der Waals surface area contributed by atoms with Gasteiger partial charge in [-0.15, -0.1) is 0 Å². The Hall–Kier alpha value is -3.24. The number of para-hydroxylation sites is 1. The highest BCUT2D eigenvalue weighted by molar-refractivity contribution is 5.83. The molecule has 0 saturated carbocycles. The number of methoxy groups -OCH3 is 1. The molecule has 0 amide bonds. The molecule has 0 unspecified atom stereocenters. The minimum atomic E-state index is 0.628. The van der Waals surface area contributed by atoms with Gasteiger partial charge in [-0.05, 0) is 47.9 Å². The first kappa shape index (κ1) is 20.0. The lowest BCUT2D eigenvalue weighted by Crippen LogP contribution is -2.16. The number of fused-ring (bicyclic) bond motifs is 1. The average Bonchev–Trinajstić information content (AvgIpc) is 3.21. The predicted molar refractivity (Wildman–Crippen MR) is 122 cm³/mol. The van der Waals surface area contributed by atoms with E-state index < -0.39 is 0 Å². The van der Waals surface area contributed by atoms with Crippen LogP contribution in [0.15, 0.2) is 79.0 Å². The molecule has 0 spiro atoms. The topological polar surface area (TPSA) is 46.3 Å². The van der Waals surface area contributed by atoms with Crippen molar-refractivity contribution in [2.45, 2.75) is 19.4 Å². The van der Waals surface area contributed by atoms with Gasteiger partial charge in [0, 0.05) is 30.1 Å². The van der Waals surface area contributed by atoms with Crippen molar-refractivity contribution in [3.63, 3.8) is 0 Å². The Labute approximate surface area is 177 Å². The average molecular weight is 401 g/mol. The number of aromatic nitrogens is 1. The maximum atomic E-state index is 5.95. The van der Waals surface area contributed by atoms with E-state index in [0.29, 0.717) is 6.61 Å². The van der Waals surface area contributed by atoms with Crippen LogP contribution in [0.4, 0.5) is 0 Å². The molecular weight excluding hydrogens is 372 g/mol. The van der Waals surface area contributed by atoms with Crippen molar-refractivity contribution in [3.8, 4) is 11.5 Å². The molecule has 1 heterocycles. The van der Waals surface area contributed by atoms with Gasteiger partial charge < -0.3 is 19.8 Å². The van der Waals surface area contributed by atoms with Crippen molar-refractivity contribution in [1.29, 1.82) is 0 Å². The number of nitrogens with one attached hydrogen (secondary N) is 2. The molecule has 154 valence electrons. The Morgan fingerprint density at radius 3 is 2.53 bits per heavy atom. The SMILES string of the molecule is COc1cc(CNCCc2c[nH]c3ccccc23)ccc1OCCc1ccccc1. The van der Waals surface area contributed by atoms with Gasteiger partial charge >= 0.3 is 0 Å². The number of aromatic amines is 1. The van der Waals surface area contributed by atoms with Crippen LogP contribution in [0.5, 0.6) is 11.5 Å². The van der Waals surface area contributed by atoms with Gasteiger partial charge in [0.1, 0.15) is 0 Å². The Kier molecular flexibility index (Phi) is 6.68. The van der Waals surface area contributed by atoms with Gasteiger partial charge in [0.25, 0.3) is 0 Å². The van der Waals surface area contributed by atoms with Crippen LogP contribution < -0.4 is 14.8 Å². The normalized spacial score (nSPS) is 11.0. The van der Waals surface area contributed by atoms with Crippen LogP contribution in [-0.4, -0.2) is 25.2 Å². The Bertz CT molecular complexity index is 1070. The lowest BCUT2D eigenvalue weighted by molar-refractivity contribution is 0.297. The van der Waals surface area contributed by atoms with Gasteiger partial charge in [0.2, 0.25) is 0 Å². The zero-order valence-corrected chi connectivity index (χ0v) is 17.4. The fraction of sp³-hybridized carbons (Fsp3) is 0.231. The molecule has 30 heavy (non-hydrogen) atoms. The molecule has 1 aromatic heterocycles. The summed E-state index contributed by atoms with van der Waals surface area (Å²) >= 11 is 0. The third-order valence-electron chi connectivity index (χ3n) is 5.29. The van der Waals surface area contributed by atoms with Gasteiger partial charge in [-0.2, -0.15) is 0 Å². The smallest absolute Gasteiger partial charge is 0.161 e. The zero-order chi connectivity index (χ0) is 20.6. The number of hydrogen-bond donors (Lipinski definition) is 2.